The minimum atomic E-state index is -0.637. The van der Waals surface area contributed by atoms with E-state index in [-0.39, 0.29) is 42.1 Å². The average Bonchev–Trinajstić information content (AvgIpc) is 3.54. The number of carbonyl (C=O) groups excluding carboxylic acids is 3. The van der Waals surface area contributed by atoms with Crippen LogP contribution in [0.2, 0.25) is 0 Å². The van der Waals surface area contributed by atoms with Crippen LogP contribution in [0.1, 0.15) is 43.9 Å². The van der Waals surface area contributed by atoms with Gasteiger partial charge in [-0.25, -0.2) is 14.4 Å². The SMILES string of the molecule is O=C(OCC1CC1)c1cc(C(=O)OCC2CO2)cc(C(=O)OCC2CO2)c1. The van der Waals surface area contributed by atoms with Crippen LogP contribution in [0.4, 0.5) is 0 Å². The van der Waals surface area contributed by atoms with Crippen LogP contribution in [-0.4, -0.2) is 63.2 Å². The van der Waals surface area contributed by atoms with E-state index in [1.165, 1.54) is 18.2 Å². The van der Waals surface area contributed by atoms with E-state index in [2.05, 4.69) is 0 Å². The van der Waals surface area contributed by atoms with Crippen LogP contribution in [0.15, 0.2) is 18.2 Å². The Bertz CT molecular complexity index is 634. The Balaban J connectivity index is 1.48. The maximum atomic E-state index is 12.3. The molecule has 2 unspecified atom stereocenters. The molecule has 0 radical (unpaired) electrons. The minimum Gasteiger partial charge on any atom is -0.462 e. The molecule has 144 valence electrons. The van der Waals surface area contributed by atoms with Crippen molar-refractivity contribution in [2.45, 2.75) is 25.0 Å². The van der Waals surface area contributed by atoms with Crippen molar-refractivity contribution in [1.82, 2.24) is 0 Å². The predicted octanol–water partition coefficient (Wildman–Crippen LogP) is 1.36. The van der Waals surface area contributed by atoms with E-state index in [9.17, 15) is 14.4 Å². The van der Waals surface area contributed by atoms with Crippen LogP contribution in [0.5, 0.6) is 0 Å². The number of ether oxygens (including phenoxy) is 5. The summed E-state index contributed by atoms with van der Waals surface area (Å²) >= 11 is 0. The van der Waals surface area contributed by atoms with Crippen molar-refractivity contribution in [3.05, 3.63) is 34.9 Å². The van der Waals surface area contributed by atoms with Crippen molar-refractivity contribution in [3.8, 4) is 0 Å². The summed E-state index contributed by atoms with van der Waals surface area (Å²) in [4.78, 5) is 36.9. The fraction of sp³-hybridized carbons (Fsp3) is 0.526. The van der Waals surface area contributed by atoms with Crippen LogP contribution in [0, 0.1) is 5.92 Å². The molecule has 1 aliphatic carbocycles. The van der Waals surface area contributed by atoms with Gasteiger partial charge < -0.3 is 23.7 Å². The number of benzene rings is 1. The van der Waals surface area contributed by atoms with Crippen molar-refractivity contribution in [2.24, 2.45) is 5.92 Å². The van der Waals surface area contributed by atoms with E-state index in [0.717, 1.165) is 12.8 Å². The van der Waals surface area contributed by atoms with Crippen molar-refractivity contribution < 1.29 is 38.1 Å². The minimum absolute atomic E-state index is 0.0800. The molecule has 1 aromatic rings. The Morgan fingerprint density at radius 3 is 1.44 bits per heavy atom. The monoisotopic (exact) mass is 376 g/mol. The van der Waals surface area contributed by atoms with E-state index >= 15 is 0 Å². The Morgan fingerprint density at radius 2 is 1.11 bits per heavy atom. The van der Waals surface area contributed by atoms with Gasteiger partial charge in [0.25, 0.3) is 0 Å². The zero-order chi connectivity index (χ0) is 18.8. The Kier molecular flexibility index (Phi) is 5.09. The molecule has 3 aliphatic rings. The summed E-state index contributed by atoms with van der Waals surface area (Å²) in [6, 6.07) is 4.09. The van der Waals surface area contributed by atoms with Gasteiger partial charge in [-0.1, -0.05) is 0 Å². The van der Waals surface area contributed by atoms with Crippen LogP contribution >= 0.6 is 0 Å². The second kappa shape index (κ2) is 7.66. The summed E-state index contributed by atoms with van der Waals surface area (Å²) in [5, 5.41) is 0. The van der Waals surface area contributed by atoms with Crippen molar-refractivity contribution in [3.63, 3.8) is 0 Å². The summed E-state index contributed by atoms with van der Waals surface area (Å²) in [7, 11) is 0. The van der Waals surface area contributed by atoms with E-state index in [1.54, 1.807) is 0 Å². The Labute approximate surface area is 155 Å². The molecule has 1 aromatic carbocycles. The molecule has 2 saturated heterocycles. The molecule has 0 aromatic heterocycles. The standard InChI is InChI=1S/C19H20O8/c20-17(25-6-11-1-2-11)12-3-13(18(21)26-9-15-7-23-15)5-14(4-12)19(22)27-10-16-8-24-16/h3-5,11,15-16H,1-2,6-10H2. The first-order chi connectivity index (χ1) is 13.1. The molecule has 0 amide bonds. The van der Waals surface area contributed by atoms with Crippen LogP contribution in [-0.2, 0) is 23.7 Å². The summed E-state index contributed by atoms with van der Waals surface area (Å²) in [5.41, 5.74) is 0.291. The van der Waals surface area contributed by atoms with Gasteiger partial charge in [-0.3, -0.25) is 0 Å². The van der Waals surface area contributed by atoms with E-state index in [0.29, 0.717) is 25.7 Å². The van der Waals surface area contributed by atoms with E-state index < -0.39 is 17.9 Å². The maximum Gasteiger partial charge on any atom is 0.338 e. The third kappa shape index (κ3) is 5.27. The molecule has 2 aliphatic heterocycles. The lowest BCUT2D eigenvalue weighted by Crippen LogP contribution is -2.16. The fourth-order valence-electron chi connectivity index (χ4n) is 2.38. The first-order valence-corrected chi connectivity index (χ1v) is 8.98. The summed E-state index contributed by atoms with van der Waals surface area (Å²) in [5.74, 6) is -1.45. The normalized spacial score (nSPS) is 22.7. The lowest BCUT2D eigenvalue weighted by atomic mass is 10.1. The summed E-state index contributed by atoms with van der Waals surface area (Å²) in [6.07, 6.45) is 1.93. The fourth-order valence-corrected chi connectivity index (χ4v) is 2.38. The van der Waals surface area contributed by atoms with Crippen molar-refractivity contribution in [2.75, 3.05) is 33.0 Å². The molecular weight excluding hydrogens is 356 g/mol. The largest absolute Gasteiger partial charge is 0.462 e. The van der Waals surface area contributed by atoms with Gasteiger partial charge in [0, 0.05) is 0 Å². The first kappa shape index (κ1) is 17.9. The lowest BCUT2D eigenvalue weighted by molar-refractivity contribution is 0.0473. The molecule has 8 nitrogen and oxygen atoms in total. The number of hydrogen-bond donors (Lipinski definition) is 0. The second-order valence-corrected chi connectivity index (χ2v) is 6.95. The topological polar surface area (TPSA) is 104 Å². The number of esters is 3. The zero-order valence-electron chi connectivity index (χ0n) is 14.7. The first-order valence-electron chi connectivity index (χ1n) is 8.98. The van der Waals surface area contributed by atoms with Gasteiger partial charge in [0.2, 0.25) is 0 Å². The highest BCUT2D eigenvalue weighted by molar-refractivity contribution is 6.00. The molecule has 2 atom stereocenters. The molecule has 0 N–H and O–H groups in total. The van der Waals surface area contributed by atoms with E-state index in [1.807, 2.05) is 0 Å². The molecule has 8 heteroatoms. The van der Waals surface area contributed by atoms with E-state index in [4.69, 9.17) is 23.7 Å². The van der Waals surface area contributed by atoms with Gasteiger partial charge in [0.15, 0.2) is 0 Å². The Hall–Kier alpha value is -2.45. The van der Waals surface area contributed by atoms with Gasteiger partial charge >= 0.3 is 17.9 Å². The smallest absolute Gasteiger partial charge is 0.338 e. The van der Waals surface area contributed by atoms with Crippen LogP contribution < -0.4 is 0 Å². The number of carbonyl (C=O) groups is 3. The summed E-state index contributed by atoms with van der Waals surface area (Å²) in [6.45, 7) is 1.72. The number of hydrogen-bond acceptors (Lipinski definition) is 8. The third-order valence-corrected chi connectivity index (χ3v) is 4.39. The van der Waals surface area contributed by atoms with Crippen LogP contribution in [0.3, 0.4) is 0 Å². The highest BCUT2D eigenvalue weighted by atomic mass is 16.6. The van der Waals surface area contributed by atoms with Crippen molar-refractivity contribution in [1.29, 1.82) is 0 Å². The zero-order valence-corrected chi connectivity index (χ0v) is 14.7. The molecule has 0 spiro atoms. The molecule has 3 fully saturated rings. The molecule has 27 heavy (non-hydrogen) atoms. The Morgan fingerprint density at radius 1 is 0.741 bits per heavy atom. The lowest BCUT2D eigenvalue weighted by Gasteiger charge is -2.10. The predicted molar refractivity (Wildman–Crippen MR) is 89.5 cm³/mol. The van der Waals surface area contributed by atoms with Crippen LogP contribution in [0.25, 0.3) is 0 Å². The van der Waals surface area contributed by atoms with Gasteiger partial charge in [-0.2, -0.15) is 0 Å². The average molecular weight is 376 g/mol. The van der Waals surface area contributed by atoms with Crippen molar-refractivity contribution >= 4 is 17.9 Å². The number of rotatable bonds is 9. The molecule has 1 saturated carbocycles. The summed E-state index contributed by atoms with van der Waals surface area (Å²) < 4.78 is 25.6. The maximum absolute atomic E-state index is 12.3. The second-order valence-electron chi connectivity index (χ2n) is 6.95. The van der Waals surface area contributed by atoms with Gasteiger partial charge in [-0.05, 0) is 37.0 Å². The highest BCUT2D eigenvalue weighted by Gasteiger charge is 2.28. The molecule has 0 bridgehead atoms. The van der Waals surface area contributed by atoms with Gasteiger partial charge in [0.1, 0.15) is 25.4 Å². The molecular formula is C19H20O8. The molecule has 2 heterocycles. The van der Waals surface area contributed by atoms with Gasteiger partial charge in [0.05, 0.1) is 36.5 Å². The quantitative estimate of drug-likeness (QED) is 0.362. The number of epoxide rings is 2. The third-order valence-electron chi connectivity index (χ3n) is 4.39. The van der Waals surface area contributed by atoms with Gasteiger partial charge in [-0.15, -0.1) is 0 Å². The highest BCUT2D eigenvalue weighted by Crippen LogP contribution is 2.29. The molecule has 4 rings (SSSR count).